The maximum atomic E-state index is 4.40. The van der Waals surface area contributed by atoms with Crippen molar-refractivity contribution < 1.29 is 0 Å². The topological polar surface area (TPSA) is 49.8 Å². The van der Waals surface area contributed by atoms with E-state index in [4.69, 9.17) is 0 Å². The summed E-state index contributed by atoms with van der Waals surface area (Å²) in [5, 5.41) is 6.25. The first-order valence-corrected chi connectivity index (χ1v) is 6.44. The van der Waals surface area contributed by atoms with Crippen LogP contribution in [-0.2, 0) is 0 Å². The van der Waals surface area contributed by atoms with Crippen molar-refractivity contribution in [1.29, 1.82) is 0 Å². The summed E-state index contributed by atoms with van der Waals surface area (Å²) in [4.78, 5) is 8.57. The monoisotopic (exact) mass is 306 g/mol. The number of anilines is 3. The quantitative estimate of drug-likeness (QED) is 0.909. The molecule has 18 heavy (non-hydrogen) atoms. The molecule has 4 nitrogen and oxygen atoms in total. The van der Waals surface area contributed by atoms with E-state index in [0.717, 1.165) is 21.5 Å². The second-order valence-electron chi connectivity index (χ2n) is 4.08. The highest BCUT2D eigenvalue weighted by Crippen LogP contribution is 2.27. The molecule has 0 aliphatic carbocycles. The van der Waals surface area contributed by atoms with Gasteiger partial charge in [0.15, 0.2) is 0 Å². The van der Waals surface area contributed by atoms with Gasteiger partial charge in [-0.15, -0.1) is 0 Å². The number of halogens is 1. The van der Waals surface area contributed by atoms with E-state index in [2.05, 4.69) is 55.6 Å². The van der Waals surface area contributed by atoms with E-state index in [1.54, 1.807) is 13.2 Å². The number of nitrogens with one attached hydrogen (secondary N) is 2. The molecule has 0 saturated heterocycles. The van der Waals surface area contributed by atoms with E-state index in [1.807, 2.05) is 13.0 Å². The van der Waals surface area contributed by atoms with Crippen LogP contribution < -0.4 is 10.6 Å². The lowest BCUT2D eigenvalue weighted by molar-refractivity contribution is 1.12. The molecule has 1 aromatic carbocycles. The molecule has 5 heteroatoms. The first kappa shape index (κ1) is 12.8. The van der Waals surface area contributed by atoms with E-state index in [1.165, 1.54) is 5.56 Å². The van der Waals surface area contributed by atoms with Gasteiger partial charge in [-0.2, -0.15) is 4.98 Å². The van der Waals surface area contributed by atoms with E-state index in [-0.39, 0.29) is 0 Å². The van der Waals surface area contributed by atoms with Crippen LogP contribution in [0.4, 0.5) is 17.5 Å². The highest BCUT2D eigenvalue weighted by Gasteiger charge is 2.06. The van der Waals surface area contributed by atoms with E-state index >= 15 is 0 Å². The van der Waals surface area contributed by atoms with Crippen molar-refractivity contribution in [3.8, 4) is 0 Å². The Bertz CT molecular complexity index is 569. The smallest absolute Gasteiger partial charge is 0.224 e. The Morgan fingerprint density at radius 3 is 2.72 bits per heavy atom. The highest BCUT2D eigenvalue weighted by atomic mass is 79.9. The second kappa shape index (κ2) is 5.35. The third-order valence-corrected chi connectivity index (χ3v) is 3.26. The van der Waals surface area contributed by atoms with Crippen LogP contribution in [0.2, 0.25) is 0 Å². The molecule has 2 N–H and O–H groups in total. The molecule has 0 bridgehead atoms. The van der Waals surface area contributed by atoms with Gasteiger partial charge in [0, 0.05) is 23.3 Å². The fourth-order valence-corrected chi connectivity index (χ4v) is 1.90. The summed E-state index contributed by atoms with van der Waals surface area (Å²) in [6, 6.07) is 6.15. The van der Waals surface area contributed by atoms with Crippen molar-refractivity contribution in [2.45, 2.75) is 13.8 Å². The number of nitrogens with zero attached hydrogens (tertiary/aromatic N) is 2. The Morgan fingerprint density at radius 2 is 2.00 bits per heavy atom. The maximum absolute atomic E-state index is 4.40. The number of aromatic nitrogens is 2. The Balaban J connectivity index is 2.36. The van der Waals surface area contributed by atoms with Gasteiger partial charge >= 0.3 is 0 Å². The Labute approximate surface area is 115 Å². The third kappa shape index (κ3) is 2.79. The normalized spacial score (nSPS) is 10.2. The SMILES string of the molecule is CNc1ncc(C)c(Nc2cc(C)ccc2Br)n1. The van der Waals surface area contributed by atoms with E-state index in [9.17, 15) is 0 Å². The average molecular weight is 307 g/mol. The minimum absolute atomic E-state index is 0.604. The molecule has 0 fully saturated rings. The summed E-state index contributed by atoms with van der Waals surface area (Å²) in [6.07, 6.45) is 1.80. The van der Waals surface area contributed by atoms with Gasteiger partial charge in [0.2, 0.25) is 5.95 Å². The summed E-state index contributed by atoms with van der Waals surface area (Å²) in [6.45, 7) is 4.04. The fourth-order valence-electron chi connectivity index (χ4n) is 1.55. The molecule has 2 rings (SSSR count). The molecular weight excluding hydrogens is 292 g/mol. The van der Waals surface area contributed by atoms with Crippen molar-refractivity contribution in [3.63, 3.8) is 0 Å². The zero-order valence-corrected chi connectivity index (χ0v) is 12.2. The van der Waals surface area contributed by atoms with Gasteiger partial charge < -0.3 is 10.6 Å². The first-order chi connectivity index (χ1) is 8.60. The summed E-state index contributed by atoms with van der Waals surface area (Å²) < 4.78 is 1.01. The van der Waals surface area contributed by atoms with Crippen LogP contribution in [0.1, 0.15) is 11.1 Å². The Kier molecular flexibility index (Phi) is 3.81. The van der Waals surface area contributed by atoms with Crippen LogP contribution in [0.25, 0.3) is 0 Å². The van der Waals surface area contributed by atoms with Crippen molar-refractivity contribution in [1.82, 2.24) is 9.97 Å². The van der Waals surface area contributed by atoms with Gasteiger partial charge in [-0.25, -0.2) is 4.98 Å². The van der Waals surface area contributed by atoms with Crippen LogP contribution in [0.15, 0.2) is 28.9 Å². The lowest BCUT2D eigenvalue weighted by Gasteiger charge is -2.11. The molecular formula is C13H15BrN4. The van der Waals surface area contributed by atoms with Crippen LogP contribution >= 0.6 is 15.9 Å². The molecule has 0 radical (unpaired) electrons. The Morgan fingerprint density at radius 1 is 1.22 bits per heavy atom. The third-order valence-electron chi connectivity index (χ3n) is 2.57. The average Bonchev–Trinajstić information content (AvgIpc) is 2.36. The second-order valence-corrected chi connectivity index (χ2v) is 4.94. The molecule has 0 unspecified atom stereocenters. The number of rotatable bonds is 3. The van der Waals surface area contributed by atoms with Gasteiger partial charge in [0.25, 0.3) is 0 Å². The molecule has 2 aromatic rings. The number of hydrogen-bond donors (Lipinski definition) is 2. The lowest BCUT2D eigenvalue weighted by atomic mass is 10.2. The van der Waals surface area contributed by atoms with Gasteiger partial charge in [0.05, 0.1) is 5.69 Å². The van der Waals surface area contributed by atoms with E-state index in [0.29, 0.717) is 5.95 Å². The first-order valence-electron chi connectivity index (χ1n) is 5.64. The van der Waals surface area contributed by atoms with Gasteiger partial charge in [-0.1, -0.05) is 6.07 Å². The summed E-state index contributed by atoms with van der Waals surface area (Å²) in [7, 11) is 1.80. The van der Waals surface area contributed by atoms with Crippen LogP contribution in [0.3, 0.4) is 0 Å². The molecule has 94 valence electrons. The summed E-state index contributed by atoms with van der Waals surface area (Å²) in [5.74, 6) is 1.41. The van der Waals surface area contributed by atoms with Crippen LogP contribution in [0, 0.1) is 13.8 Å². The van der Waals surface area contributed by atoms with E-state index < -0.39 is 0 Å². The number of benzene rings is 1. The molecule has 0 saturated carbocycles. The van der Waals surface area contributed by atoms with Crippen molar-refractivity contribution in [2.24, 2.45) is 0 Å². The standard InChI is InChI=1S/C13H15BrN4/c1-8-4-5-10(14)11(6-8)17-12-9(2)7-16-13(15-3)18-12/h4-7H,1-3H3,(H2,15,16,17,18). The largest absolute Gasteiger partial charge is 0.357 e. The Hall–Kier alpha value is -1.62. The van der Waals surface area contributed by atoms with Gasteiger partial charge in [-0.3, -0.25) is 0 Å². The number of aryl methyl sites for hydroxylation is 2. The maximum Gasteiger partial charge on any atom is 0.224 e. The molecule has 0 spiro atoms. The fraction of sp³-hybridized carbons (Fsp3) is 0.231. The molecule has 0 amide bonds. The lowest BCUT2D eigenvalue weighted by Crippen LogP contribution is -2.02. The minimum atomic E-state index is 0.604. The van der Waals surface area contributed by atoms with Crippen molar-refractivity contribution in [2.75, 3.05) is 17.7 Å². The van der Waals surface area contributed by atoms with Crippen molar-refractivity contribution in [3.05, 3.63) is 40.0 Å². The highest BCUT2D eigenvalue weighted by molar-refractivity contribution is 9.10. The summed E-state index contributed by atoms with van der Waals surface area (Å²) >= 11 is 3.53. The van der Waals surface area contributed by atoms with Crippen molar-refractivity contribution >= 4 is 33.4 Å². The molecule has 0 aliphatic rings. The van der Waals surface area contributed by atoms with Crippen LogP contribution in [-0.4, -0.2) is 17.0 Å². The zero-order chi connectivity index (χ0) is 13.1. The number of hydrogen-bond acceptors (Lipinski definition) is 4. The van der Waals surface area contributed by atoms with Gasteiger partial charge in [-0.05, 0) is 47.5 Å². The van der Waals surface area contributed by atoms with Gasteiger partial charge in [0.1, 0.15) is 5.82 Å². The molecule has 1 heterocycles. The summed E-state index contributed by atoms with van der Waals surface area (Å²) in [5.41, 5.74) is 3.20. The zero-order valence-electron chi connectivity index (χ0n) is 10.6. The molecule has 0 aliphatic heterocycles. The predicted octanol–water partition coefficient (Wildman–Crippen LogP) is 3.64. The predicted molar refractivity (Wildman–Crippen MR) is 78.5 cm³/mol. The van der Waals surface area contributed by atoms with Crippen LogP contribution in [0.5, 0.6) is 0 Å². The molecule has 1 aromatic heterocycles. The molecule has 0 atom stereocenters. The minimum Gasteiger partial charge on any atom is -0.357 e.